The van der Waals surface area contributed by atoms with E-state index in [4.69, 9.17) is 15.2 Å². The number of ether oxygens (including phenoxy) is 2. The lowest BCUT2D eigenvalue weighted by atomic mass is 10.1. The first-order valence-corrected chi connectivity index (χ1v) is 2.95. The second-order valence-corrected chi connectivity index (χ2v) is 2.51. The van der Waals surface area contributed by atoms with Crippen LogP contribution in [-0.2, 0) is 9.47 Å². The van der Waals surface area contributed by atoms with Crippen LogP contribution in [0.4, 0.5) is 0 Å². The van der Waals surface area contributed by atoms with Crippen molar-refractivity contribution in [3.05, 3.63) is 0 Å². The Balaban J connectivity index is 3.33. The molecule has 0 fully saturated rings. The zero-order valence-electron chi connectivity index (χ0n) is 6.31. The molecule has 0 aromatic carbocycles. The molecular formula is C6H15NO2. The molecule has 3 nitrogen and oxygen atoms in total. The van der Waals surface area contributed by atoms with E-state index in [1.807, 2.05) is 13.8 Å². The lowest BCUT2D eigenvalue weighted by Crippen LogP contribution is -2.34. The van der Waals surface area contributed by atoms with Crippen molar-refractivity contribution < 1.29 is 9.47 Å². The maximum atomic E-state index is 5.37. The minimum absolute atomic E-state index is 0.254. The van der Waals surface area contributed by atoms with Gasteiger partial charge in [-0.25, -0.2) is 0 Å². The minimum atomic E-state index is -0.254. The van der Waals surface area contributed by atoms with Gasteiger partial charge in [-0.3, -0.25) is 0 Å². The lowest BCUT2D eigenvalue weighted by molar-refractivity contribution is -0.109. The first-order valence-electron chi connectivity index (χ1n) is 2.95. The number of hydrogen-bond acceptors (Lipinski definition) is 3. The van der Waals surface area contributed by atoms with E-state index in [0.717, 1.165) is 0 Å². The standard InChI is InChI=1S/C6H15NO2/c1-6(2,4-7)9-5-8-3/h4-5,7H2,1-3H3. The molecule has 2 N–H and O–H groups in total. The van der Waals surface area contributed by atoms with Crippen molar-refractivity contribution in [1.29, 1.82) is 0 Å². The zero-order valence-corrected chi connectivity index (χ0v) is 6.31. The first-order chi connectivity index (χ1) is 4.12. The predicted octanol–water partition coefficient (Wildman–Crippen LogP) is 0.344. The molecule has 56 valence electrons. The van der Waals surface area contributed by atoms with Crippen LogP contribution < -0.4 is 5.73 Å². The largest absolute Gasteiger partial charge is 0.359 e. The van der Waals surface area contributed by atoms with E-state index in [-0.39, 0.29) is 5.60 Å². The molecule has 0 aliphatic heterocycles. The SMILES string of the molecule is COCOC(C)(C)CN. The summed E-state index contributed by atoms with van der Waals surface area (Å²) >= 11 is 0. The van der Waals surface area contributed by atoms with Gasteiger partial charge in [0.1, 0.15) is 6.79 Å². The summed E-state index contributed by atoms with van der Waals surface area (Å²) in [4.78, 5) is 0. The van der Waals surface area contributed by atoms with E-state index in [1.54, 1.807) is 7.11 Å². The third kappa shape index (κ3) is 4.39. The quantitative estimate of drug-likeness (QED) is 0.562. The van der Waals surface area contributed by atoms with E-state index in [2.05, 4.69) is 0 Å². The second kappa shape index (κ2) is 3.82. The number of rotatable bonds is 4. The Kier molecular flexibility index (Phi) is 3.77. The molecule has 0 atom stereocenters. The van der Waals surface area contributed by atoms with Crippen molar-refractivity contribution in [3.63, 3.8) is 0 Å². The van der Waals surface area contributed by atoms with Gasteiger partial charge in [-0.2, -0.15) is 0 Å². The van der Waals surface area contributed by atoms with E-state index in [0.29, 0.717) is 13.3 Å². The van der Waals surface area contributed by atoms with Crippen LogP contribution in [0.1, 0.15) is 13.8 Å². The van der Waals surface area contributed by atoms with Crippen LogP contribution in [0.5, 0.6) is 0 Å². The number of nitrogens with two attached hydrogens (primary N) is 1. The molecular weight excluding hydrogens is 118 g/mol. The van der Waals surface area contributed by atoms with Gasteiger partial charge in [-0.1, -0.05) is 0 Å². The van der Waals surface area contributed by atoms with Crippen LogP contribution in [0.25, 0.3) is 0 Å². The van der Waals surface area contributed by atoms with Crippen molar-refractivity contribution in [2.24, 2.45) is 5.73 Å². The summed E-state index contributed by atoms with van der Waals surface area (Å²) < 4.78 is 9.88. The zero-order chi connectivity index (χ0) is 7.33. The lowest BCUT2D eigenvalue weighted by Gasteiger charge is -2.21. The van der Waals surface area contributed by atoms with Gasteiger partial charge < -0.3 is 15.2 Å². The van der Waals surface area contributed by atoms with Gasteiger partial charge in [-0.05, 0) is 13.8 Å². The van der Waals surface area contributed by atoms with Crippen molar-refractivity contribution in [1.82, 2.24) is 0 Å². The summed E-state index contributed by atoms with van der Waals surface area (Å²) in [5.74, 6) is 0. The monoisotopic (exact) mass is 133 g/mol. The minimum Gasteiger partial charge on any atom is -0.359 e. The molecule has 0 saturated carbocycles. The van der Waals surface area contributed by atoms with Gasteiger partial charge in [0.15, 0.2) is 0 Å². The van der Waals surface area contributed by atoms with Crippen LogP contribution in [-0.4, -0.2) is 26.0 Å². The normalized spacial score (nSPS) is 12.0. The Labute approximate surface area is 56.1 Å². The highest BCUT2D eigenvalue weighted by Gasteiger charge is 2.14. The Morgan fingerprint density at radius 1 is 1.44 bits per heavy atom. The van der Waals surface area contributed by atoms with E-state index in [9.17, 15) is 0 Å². The summed E-state index contributed by atoms with van der Waals surface area (Å²) in [6.07, 6.45) is 0. The van der Waals surface area contributed by atoms with Crippen molar-refractivity contribution >= 4 is 0 Å². The fourth-order valence-corrected chi connectivity index (χ4v) is 0.277. The van der Waals surface area contributed by atoms with Crippen LogP contribution in [0.3, 0.4) is 0 Å². The molecule has 0 aromatic rings. The molecule has 0 heterocycles. The molecule has 9 heavy (non-hydrogen) atoms. The molecule has 0 aromatic heterocycles. The summed E-state index contributed by atoms with van der Waals surface area (Å²) in [7, 11) is 1.59. The van der Waals surface area contributed by atoms with Crippen molar-refractivity contribution in [2.75, 3.05) is 20.4 Å². The van der Waals surface area contributed by atoms with Crippen LogP contribution in [0.15, 0.2) is 0 Å². The number of methoxy groups -OCH3 is 1. The van der Waals surface area contributed by atoms with E-state index < -0.39 is 0 Å². The molecule has 0 rings (SSSR count). The molecule has 0 unspecified atom stereocenters. The average Bonchev–Trinajstić information content (AvgIpc) is 1.84. The summed E-state index contributed by atoms with van der Waals surface area (Å²) in [6, 6.07) is 0. The molecule has 0 amide bonds. The maximum Gasteiger partial charge on any atom is 0.147 e. The van der Waals surface area contributed by atoms with E-state index in [1.165, 1.54) is 0 Å². The van der Waals surface area contributed by atoms with Crippen molar-refractivity contribution in [2.45, 2.75) is 19.4 Å². The topological polar surface area (TPSA) is 44.5 Å². The third-order valence-electron chi connectivity index (χ3n) is 1.06. The molecule has 3 heteroatoms. The Hall–Kier alpha value is -0.120. The Morgan fingerprint density at radius 2 is 2.00 bits per heavy atom. The van der Waals surface area contributed by atoms with Gasteiger partial charge >= 0.3 is 0 Å². The van der Waals surface area contributed by atoms with Gasteiger partial charge in [0, 0.05) is 13.7 Å². The van der Waals surface area contributed by atoms with Crippen LogP contribution in [0.2, 0.25) is 0 Å². The molecule has 0 bridgehead atoms. The van der Waals surface area contributed by atoms with Gasteiger partial charge in [0.2, 0.25) is 0 Å². The van der Waals surface area contributed by atoms with Gasteiger partial charge in [0.25, 0.3) is 0 Å². The fraction of sp³-hybridized carbons (Fsp3) is 1.00. The predicted molar refractivity (Wildman–Crippen MR) is 36.1 cm³/mol. The third-order valence-corrected chi connectivity index (χ3v) is 1.06. The first kappa shape index (κ1) is 8.88. The smallest absolute Gasteiger partial charge is 0.147 e. The fourth-order valence-electron chi connectivity index (χ4n) is 0.277. The molecule has 0 aliphatic carbocycles. The molecule has 0 radical (unpaired) electrons. The Bertz CT molecular complexity index is 73.5. The van der Waals surface area contributed by atoms with Gasteiger partial charge in [-0.15, -0.1) is 0 Å². The second-order valence-electron chi connectivity index (χ2n) is 2.51. The van der Waals surface area contributed by atoms with E-state index >= 15 is 0 Å². The molecule has 0 saturated heterocycles. The molecule has 0 aliphatic rings. The highest BCUT2D eigenvalue weighted by Crippen LogP contribution is 2.04. The van der Waals surface area contributed by atoms with Crippen LogP contribution >= 0.6 is 0 Å². The highest BCUT2D eigenvalue weighted by atomic mass is 16.7. The summed E-state index contributed by atoms with van der Waals surface area (Å²) in [5.41, 5.74) is 5.11. The average molecular weight is 133 g/mol. The summed E-state index contributed by atoms with van der Waals surface area (Å²) in [5, 5.41) is 0. The summed E-state index contributed by atoms with van der Waals surface area (Å²) in [6.45, 7) is 4.67. The maximum absolute atomic E-state index is 5.37. The van der Waals surface area contributed by atoms with Crippen LogP contribution in [0, 0.1) is 0 Å². The number of hydrogen-bond donors (Lipinski definition) is 1. The highest BCUT2D eigenvalue weighted by molar-refractivity contribution is 4.67. The Morgan fingerprint density at radius 3 is 2.33 bits per heavy atom. The van der Waals surface area contributed by atoms with Crippen molar-refractivity contribution in [3.8, 4) is 0 Å². The van der Waals surface area contributed by atoms with Gasteiger partial charge in [0.05, 0.1) is 5.60 Å². The molecule has 0 spiro atoms.